The van der Waals surface area contributed by atoms with Gasteiger partial charge in [-0.3, -0.25) is 0 Å². The molecule has 1 rings (SSSR count). The predicted octanol–water partition coefficient (Wildman–Crippen LogP) is 2.49. The minimum absolute atomic E-state index is 0.496. The van der Waals surface area contributed by atoms with E-state index in [0.29, 0.717) is 19.7 Å². The van der Waals surface area contributed by atoms with Crippen LogP contribution in [0.15, 0.2) is 54.6 Å². The molecule has 0 aromatic heterocycles. The van der Waals surface area contributed by atoms with Crippen molar-refractivity contribution in [1.82, 2.24) is 10.6 Å². The zero-order valence-corrected chi connectivity index (χ0v) is 12.1. The van der Waals surface area contributed by atoms with Gasteiger partial charge in [0.05, 0.1) is 6.54 Å². The van der Waals surface area contributed by atoms with Crippen molar-refractivity contribution >= 4 is 5.96 Å². The summed E-state index contributed by atoms with van der Waals surface area (Å²) in [7, 11) is 0. The summed E-state index contributed by atoms with van der Waals surface area (Å²) in [5.74, 6) is 1.61. The summed E-state index contributed by atoms with van der Waals surface area (Å²) >= 11 is 0. The zero-order chi connectivity index (χ0) is 14.6. The van der Waals surface area contributed by atoms with E-state index in [1.807, 2.05) is 31.2 Å². The van der Waals surface area contributed by atoms with Gasteiger partial charge in [-0.1, -0.05) is 36.9 Å². The van der Waals surface area contributed by atoms with E-state index >= 15 is 0 Å². The number of benzene rings is 1. The van der Waals surface area contributed by atoms with Crippen LogP contribution in [-0.2, 0) is 6.54 Å². The number of ether oxygens (including phenoxy) is 1. The fourth-order valence-electron chi connectivity index (χ4n) is 1.60. The molecule has 4 heteroatoms. The maximum atomic E-state index is 5.62. The molecule has 108 valence electrons. The van der Waals surface area contributed by atoms with E-state index in [2.05, 4.69) is 28.8 Å². The van der Waals surface area contributed by atoms with Gasteiger partial charge in [-0.25, -0.2) is 4.99 Å². The Labute approximate surface area is 121 Å². The second-order valence-corrected chi connectivity index (χ2v) is 4.07. The van der Waals surface area contributed by atoms with Crippen LogP contribution >= 0.6 is 0 Å². The van der Waals surface area contributed by atoms with Gasteiger partial charge in [0, 0.05) is 18.7 Å². The molecule has 0 aliphatic rings. The number of hydrogen-bond donors (Lipinski definition) is 2. The smallest absolute Gasteiger partial charge is 0.191 e. The second kappa shape index (κ2) is 9.67. The minimum atomic E-state index is 0.496. The molecule has 1 aromatic carbocycles. The summed E-state index contributed by atoms with van der Waals surface area (Å²) in [5, 5.41) is 6.35. The number of aliphatic imine (C=N–C) groups is 1. The first-order chi connectivity index (χ1) is 9.81. The fraction of sp³-hybridized carbons (Fsp3) is 0.312. The first-order valence-electron chi connectivity index (χ1n) is 6.76. The molecule has 4 nitrogen and oxygen atoms in total. The average Bonchev–Trinajstić information content (AvgIpc) is 2.48. The average molecular weight is 273 g/mol. The molecule has 0 saturated carbocycles. The van der Waals surface area contributed by atoms with Crippen molar-refractivity contribution in [2.24, 2.45) is 4.99 Å². The SMILES string of the molecule is C=CCNC(=NCc1ccccc1OCC=C)NCC. The Morgan fingerprint density at radius 2 is 2.05 bits per heavy atom. The standard InChI is InChI=1S/C16H23N3O/c1-4-11-18-16(17-6-3)19-13-14-9-7-8-10-15(14)20-12-5-2/h4-5,7-10H,1-2,6,11-13H2,3H3,(H2,17,18,19). The van der Waals surface area contributed by atoms with E-state index in [1.165, 1.54) is 0 Å². The minimum Gasteiger partial charge on any atom is -0.489 e. The van der Waals surface area contributed by atoms with Crippen LogP contribution in [0.4, 0.5) is 0 Å². The monoisotopic (exact) mass is 273 g/mol. The number of guanidine groups is 1. The third-order valence-electron chi connectivity index (χ3n) is 2.49. The Balaban J connectivity index is 2.73. The molecular formula is C16H23N3O. The van der Waals surface area contributed by atoms with Crippen molar-refractivity contribution in [2.45, 2.75) is 13.5 Å². The Morgan fingerprint density at radius 1 is 1.25 bits per heavy atom. The molecule has 0 saturated heterocycles. The molecule has 1 aromatic rings. The third-order valence-corrected chi connectivity index (χ3v) is 2.49. The first-order valence-corrected chi connectivity index (χ1v) is 6.76. The summed E-state index contributed by atoms with van der Waals surface area (Å²) in [6, 6.07) is 7.89. The van der Waals surface area contributed by atoms with E-state index in [9.17, 15) is 0 Å². The highest BCUT2D eigenvalue weighted by Crippen LogP contribution is 2.18. The molecule has 0 aliphatic heterocycles. The predicted molar refractivity (Wildman–Crippen MR) is 85.1 cm³/mol. The highest BCUT2D eigenvalue weighted by Gasteiger charge is 2.02. The Bertz CT molecular complexity index is 455. The molecule has 0 bridgehead atoms. The lowest BCUT2D eigenvalue weighted by atomic mass is 10.2. The molecule has 0 unspecified atom stereocenters. The van der Waals surface area contributed by atoms with E-state index in [0.717, 1.165) is 23.8 Å². The molecule has 0 atom stereocenters. The van der Waals surface area contributed by atoms with Crippen LogP contribution in [-0.4, -0.2) is 25.7 Å². The lowest BCUT2D eigenvalue weighted by Gasteiger charge is -2.11. The van der Waals surface area contributed by atoms with E-state index < -0.39 is 0 Å². The number of nitrogens with zero attached hydrogens (tertiary/aromatic N) is 1. The van der Waals surface area contributed by atoms with Crippen LogP contribution in [0.2, 0.25) is 0 Å². The van der Waals surface area contributed by atoms with Crippen molar-refractivity contribution in [3.8, 4) is 5.75 Å². The van der Waals surface area contributed by atoms with Crippen LogP contribution in [0.25, 0.3) is 0 Å². The van der Waals surface area contributed by atoms with E-state index in [4.69, 9.17) is 4.74 Å². The lowest BCUT2D eigenvalue weighted by Crippen LogP contribution is -2.37. The quantitative estimate of drug-likeness (QED) is 0.434. The zero-order valence-electron chi connectivity index (χ0n) is 12.1. The van der Waals surface area contributed by atoms with Gasteiger partial charge < -0.3 is 15.4 Å². The van der Waals surface area contributed by atoms with Gasteiger partial charge in [0.25, 0.3) is 0 Å². The Morgan fingerprint density at radius 3 is 2.75 bits per heavy atom. The lowest BCUT2D eigenvalue weighted by molar-refractivity contribution is 0.359. The van der Waals surface area contributed by atoms with Gasteiger partial charge in [0.1, 0.15) is 12.4 Å². The van der Waals surface area contributed by atoms with Crippen molar-refractivity contribution in [2.75, 3.05) is 19.7 Å². The van der Waals surface area contributed by atoms with Crippen LogP contribution in [0.3, 0.4) is 0 Å². The summed E-state index contributed by atoms with van der Waals surface area (Å²) in [6.07, 6.45) is 3.53. The molecule has 20 heavy (non-hydrogen) atoms. The largest absolute Gasteiger partial charge is 0.489 e. The number of hydrogen-bond acceptors (Lipinski definition) is 2. The van der Waals surface area contributed by atoms with E-state index in [-0.39, 0.29) is 0 Å². The maximum absolute atomic E-state index is 5.62. The number of nitrogens with one attached hydrogen (secondary N) is 2. The van der Waals surface area contributed by atoms with Crippen LogP contribution in [0, 0.1) is 0 Å². The van der Waals surface area contributed by atoms with Gasteiger partial charge in [-0.15, -0.1) is 6.58 Å². The molecule has 0 spiro atoms. The van der Waals surface area contributed by atoms with Crippen LogP contribution in [0.5, 0.6) is 5.75 Å². The van der Waals surface area contributed by atoms with Crippen molar-refractivity contribution in [3.63, 3.8) is 0 Å². The Kier molecular flexibility index (Phi) is 7.65. The molecule has 2 N–H and O–H groups in total. The maximum Gasteiger partial charge on any atom is 0.191 e. The van der Waals surface area contributed by atoms with E-state index in [1.54, 1.807) is 12.2 Å². The van der Waals surface area contributed by atoms with Gasteiger partial charge in [0.2, 0.25) is 0 Å². The molecule has 0 amide bonds. The Hall–Kier alpha value is -2.23. The van der Waals surface area contributed by atoms with Gasteiger partial charge in [-0.2, -0.15) is 0 Å². The van der Waals surface area contributed by atoms with Crippen LogP contribution < -0.4 is 15.4 Å². The fourth-order valence-corrected chi connectivity index (χ4v) is 1.60. The summed E-state index contributed by atoms with van der Waals surface area (Å²) in [5.41, 5.74) is 1.05. The highest BCUT2D eigenvalue weighted by molar-refractivity contribution is 5.79. The molecular weight excluding hydrogens is 250 g/mol. The van der Waals surface area contributed by atoms with Gasteiger partial charge in [0.15, 0.2) is 5.96 Å². The highest BCUT2D eigenvalue weighted by atomic mass is 16.5. The van der Waals surface area contributed by atoms with Crippen LogP contribution in [0.1, 0.15) is 12.5 Å². The summed E-state index contributed by atoms with van der Waals surface area (Å²) in [6.45, 7) is 11.9. The first kappa shape index (κ1) is 15.8. The molecule has 0 fully saturated rings. The normalized spacial score (nSPS) is 10.8. The molecule has 0 aliphatic carbocycles. The third kappa shape index (κ3) is 5.61. The molecule has 0 heterocycles. The summed E-state index contributed by atoms with van der Waals surface area (Å²) in [4.78, 5) is 4.53. The number of rotatable bonds is 8. The van der Waals surface area contributed by atoms with Crippen molar-refractivity contribution in [3.05, 3.63) is 55.1 Å². The molecule has 0 radical (unpaired) electrons. The summed E-state index contributed by atoms with van der Waals surface area (Å²) < 4.78 is 5.62. The second-order valence-electron chi connectivity index (χ2n) is 4.07. The number of para-hydroxylation sites is 1. The van der Waals surface area contributed by atoms with Gasteiger partial charge in [-0.05, 0) is 13.0 Å². The van der Waals surface area contributed by atoms with Crippen molar-refractivity contribution in [1.29, 1.82) is 0 Å². The van der Waals surface area contributed by atoms with Gasteiger partial charge >= 0.3 is 0 Å². The van der Waals surface area contributed by atoms with Crippen molar-refractivity contribution < 1.29 is 4.74 Å². The topological polar surface area (TPSA) is 45.7 Å².